The average molecular weight is 543 g/mol. The summed E-state index contributed by atoms with van der Waals surface area (Å²) in [6.45, 7) is 8.78. The van der Waals surface area contributed by atoms with Crippen molar-refractivity contribution in [2.45, 2.75) is 33.4 Å². The molecule has 0 spiro atoms. The normalized spacial score (nSPS) is 14.8. The first-order valence-corrected chi connectivity index (χ1v) is 13.8. The third-order valence-corrected chi connectivity index (χ3v) is 7.22. The number of imidazole rings is 1. The summed E-state index contributed by atoms with van der Waals surface area (Å²) in [5.74, 6) is 2.80. The van der Waals surface area contributed by atoms with Crippen molar-refractivity contribution in [3.8, 4) is 11.5 Å². The molecule has 0 unspecified atom stereocenters. The molecule has 1 fully saturated rings. The Bertz CT molecular complexity index is 1500. The lowest BCUT2D eigenvalue weighted by atomic mass is 10.1. The van der Waals surface area contributed by atoms with Crippen LogP contribution in [-0.4, -0.2) is 70.0 Å². The van der Waals surface area contributed by atoms with Crippen molar-refractivity contribution in [2.24, 2.45) is 0 Å². The molecule has 0 bridgehead atoms. The molecule has 2 aromatic heterocycles. The van der Waals surface area contributed by atoms with Crippen LogP contribution in [0.1, 0.15) is 30.0 Å². The van der Waals surface area contributed by atoms with E-state index in [1.54, 1.807) is 0 Å². The number of urea groups is 1. The standard InChI is InChI=1S/C29H34N8O3/c1-3-30-29(38)36-12-4-11-35(13-14-36)28-33-26(31-16-22-9-10-23-24(15-22)40-19-39-23)25-27(34-28)37(18-32-25)17-21-7-5-20(2)6-8-21/h5-10,15,18H,3-4,11-14,16-17,19H2,1-2H3,(H,30,38)(H,31,33,34). The van der Waals surface area contributed by atoms with E-state index in [0.29, 0.717) is 51.0 Å². The highest BCUT2D eigenvalue weighted by Crippen LogP contribution is 2.33. The lowest BCUT2D eigenvalue weighted by Gasteiger charge is -2.23. The van der Waals surface area contributed by atoms with Gasteiger partial charge in [0.05, 0.1) is 12.9 Å². The fourth-order valence-corrected chi connectivity index (χ4v) is 5.02. The molecule has 0 saturated carbocycles. The van der Waals surface area contributed by atoms with Crippen LogP contribution in [0.5, 0.6) is 11.5 Å². The van der Waals surface area contributed by atoms with Gasteiger partial charge in [0.25, 0.3) is 0 Å². The highest BCUT2D eigenvalue weighted by Gasteiger charge is 2.23. The monoisotopic (exact) mass is 542 g/mol. The molecule has 208 valence electrons. The van der Waals surface area contributed by atoms with Crippen LogP contribution in [0.3, 0.4) is 0 Å². The number of nitrogens with zero attached hydrogens (tertiary/aromatic N) is 6. The fraction of sp³-hybridized carbons (Fsp3) is 0.379. The van der Waals surface area contributed by atoms with Crippen molar-refractivity contribution in [2.75, 3.05) is 49.7 Å². The SMILES string of the molecule is CCNC(=O)N1CCCN(c2nc(NCc3ccc4c(c3)OCO4)c3ncn(Cc4ccc(C)cc4)c3n2)CC1. The van der Waals surface area contributed by atoms with E-state index in [-0.39, 0.29) is 12.8 Å². The van der Waals surface area contributed by atoms with E-state index in [4.69, 9.17) is 24.4 Å². The second-order valence-electron chi connectivity index (χ2n) is 10.1. The molecule has 11 nitrogen and oxygen atoms in total. The van der Waals surface area contributed by atoms with E-state index in [2.05, 4.69) is 51.3 Å². The Hall–Kier alpha value is -4.54. The number of hydrogen-bond acceptors (Lipinski definition) is 8. The van der Waals surface area contributed by atoms with Crippen molar-refractivity contribution in [1.82, 2.24) is 29.7 Å². The van der Waals surface area contributed by atoms with Gasteiger partial charge in [0.15, 0.2) is 28.5 Å². The van der Waals surface area contributed by atoms with E-state index in [1.807, 2.05) is 36.4 Å². The molecule has 2 aliphatic rings. The number of ether oxygens (including phenoxy) is 2. The lowest BCUT2D eigenvalue weighted by Crippen LogP contribution is -2.42. The second-order valence-corrected chi connectivity index (χ2v) is 10.1. The Balaban J connectivity index is 1.30. The summed E-state index contributed by atoms with van der Waals surface area (Å²) in [7, 11) is 0. The summed E-state index contributed by atoms with van der Waals surface area (Å²) >= 11 is 0. The first-order chi connectivity index (χ1) is 19.6. The van der Waals surface area contributed by atoms with Gasteiger partial charge in [-0.25, -0.2) is 9.78 Å². The Labute approximate surface area is 233 Å². The number of aromatic nitrogens is 4. The van der Waals surface area contributed by atoms with E-state index in [1.165, 1.54) is 11.1 Å². The lowest BCUT2D eigenvalue weighted by molar-refractivity contribution is 0.174. The molecule has 2 aromatic carbocycles. The number of nitrogens with one attached hydrogen (secondary N) is 2. The number of amides is 2. The van der Waals surface area contributed by atoms with Gasteiger partial charge in [0, 0.05) is 39.3 Å². The molecule has 0 radical (unpaired) electrons. The first-order valence-electron chi connectivity index (χ1n) is 13.8. The number of benzene rings is 2. The van der Waals surface area contributed by atoms with Gasteiger partial charge in [-0.05, 0) is 43.5 Å². The fourth-order valence-electron chi connectivity index (χ4n) is 5.02. The third kappa shape index (κ3) is 5.45. The summed E-state index contributed by atoms with van der Waals surface area (Å²) in [5, 5.41) is 6.40. The molecule has 6 rings (SSSR count). The van der Waals surface area contributed by atoms with Crippen LogP contribution < -0.4 is 25.0 Å². The smallest absolute Gasteiger partial charge is 0.317 e. The van der Waals surface area contributed by atoms with Gasteiger partial charge in [-0.2, -0.15) is 9.97 Å². The largest absolute Gasteiger partial charge is 0.454 e. The Kier molecular flexibility index (Phi) is 7.26. The van der Waals surface area contributed by atoms with Gasteiger partial charge >= 0.3 is 6.03 Å². The van der Waals surface area contributed by atoms with Crippen LogP contribution >= 0.6 is 0 Å². The zero-order chi connectivity index (χ0) is 27.5. The van der Waals surface area contributed by atoms with Crippen molar-refractivity contribution >= 4 is 29.0 Å². The Morgan fingerprint density at radius 2 is 1.80 bits per heavy atom. The zero-order valence-electron chi connectivity index (χ0n) is 22.9. The molecule has 1 saturated heterocycles. The zero-order valence-corrected chi connectivity index (χ0v) is 22.9. The summed E-state index contributed by atoms with van der Waals surface area (Å²) in [5.41, 5.74) is 4.93. The number of hydrogen-bond donors (Lipinski definition) is 2. The van der Waals surface area contributed by atoms with Crippen molar-refractivity contribution in [1.29, 1.82) is 0 Å². The number of carbonyl (C=O) groups excluding carboxylic acids is 1. The molecular formula is C29H34N8O3. The van der Waals surface area contributed by atoms with Gasteiger partial charge in [-0.1, -0.05) is 35.9 Å². The summed E-state index contributed by atoms with van der Waals surface area (Å²) in [6, 6.07) is 14.4. The molecule has 2 amide bonds. The molecule has 0 atom stereocenters. The number of carbonyl (C=O) groups is 1. The second kappa shape index (κ2) is 11.3. The van der Waals surface area contributed by atoms with Crippen molar-refractivity contribution in [3.63, 3.8) is 0 Å². The molecular weight excluding hydrogens is 508 g/mol. The number of fused-ring (bicyclic) bond motifs is 2. The van der Waals surface area contributed by atoms with Gasteiger partial charge in [-0.3, -0.25) is 0 Å². The van der Waals surface area contributed by atoms with Gasteiger partial charge in [0.2, 0.25) is 12.7 Å². The number of aryl methyl sites for hydroxylation is 1. The van der Waals surface area contributed by atoms with Crippen LogP contribution in [-0.2, 0) is 13.1 Å². The molecule has 2 N–H and O–H groups in total. The maximum absolute atomic E-state index is 12.4. The van der Waals surface area contributed by atoms with Gasteiger partial charge < -0.3 is 34.5 Å². The number of rotatable bonds is 7. The topological polar surface area (TPSA) is 110 Å². The maximum Gasteiger partial charge on any atom is 0.317 e. The highest BCUT2D eigenvalue weighted by molar-refractivity contribution is 5.84. The van der Waals surface area contributed by atoms with Crippen LogP contribution in [0.2, 0.25) is 0 Å². The van der Waals surface area contributed by atoms with Gasteiger partial charge in [-0.15, -0.1) is 0 Å². The third-order valence-electron chi connectivity index (χ3n) is 7.22. The molecule has 0 aliphatic carbocycles. The Morgan fingerprint density at radius 1 is 0.975 bits per heavy atom. The first kappa shape index (κ1) is 25.7. The highest BCUT2D eigenvalue weighted by atomic mass is 16.7. The van der Waals surface area contributed by atoms with Crippen LogP contribution in [0.4, 0.5) is 16.6 Å². The van der Waals surface area contributed by atoms with Crippen molar-refractivity contribution in [3.05, 3.63) is 65.5 Å². The van der Waals surface area contributed by atoms with E-state index < -0.39 is 0 Å². The molecule has 4 heterocycles. The maximum atomic E-state index is 12.4. The van der Waals surface area contributed by atoms with Crippen LogP contribution in [0.15, 0.2) is 48.8 Å². The van der Waals surface area contributed by atoms with E-state index in [0.717, 1.165) is 41.2 Å². The van der Waals surface area contributed by atoms with Crippen molar-refractivity contribution < 1.29 is 14.3 Å². The minimum absolute atomic E-state index is 0.0250. The minimum Gasteiger partial charge on any atom is -0.454 e. The quantitative estimate of drug-likeness (QED) is 0.363. The average Bonchev–Trinajstić information content (AvgIpc) is 3.52. The van der Waals surface area contributed by atoms with Crippen LogP contribution in [0.25, 0.3) is 11.2 Å². The molecule has 4 aromatic rings. The number of anilines is 2. The minimum atomic E-state index is -0.0250. The molecule has 11 heteroatoms. The Morgan fingerprint density at radius 3 is 2.65 bits per heavy atom. The molecule has 40 heavy (non-hydrogen) atoms. The van der Waals surface area contributed by atoms with E-state index in [9.17, 15) is 4.79 Å². The predicted octanol–water partition coefficient (Wildman–Crippen LogP) is 3.77. The summed E-state index contributed by atoms with van der Waals surface area (Å²) in [6.07, 6.45) is 2.66. The summed E-state index contributed by atoms with van der Waals surface area (Å²) < 4.78 is 13.1. The molecule has 2 aliphatic heterocycles. The van der Waals surface area contributed by atoms with E-state index >= 15 is 0 Å². The summed E-state index contributed by atoms with van der Waals surface area (Å²) in [4.78, 5) is 31.1. The van der Waals surface area contributed by atoms with Crippen LogP contribution in [0, 0.1) is 6.92 Å². The van der Waals surface area contributed by atoms with Gasteiger partial charge in [0.1, 0.15) is 0 Å². The predicted molar refractivity (Wildman–Crippen MR) is 153 cm³/mol.